The van der Waals surface area contributed by atoms with Crippen molar-refractivity contribution in [2.75, 3.05) is 7.11 Å². The third kappa shape index (κ3) is 4.44. The summed E-state index contributed by atoms with van der Waals surface area (Å²) in [5.41, 5.74) is 0.554. The van der Waals surface area contributed by atoms with Crippen molar-refractivity contribution in [1.82, 2.24) is 10.3 Å². The second kappa shape index (κ2) is 9.70. The SMILES string of the molecule is COP(=O)(c1cc(C)cc(C#N)c1)c1c(C(=O)NCc2c(F)cc[n+](O)c2F)[nH]c2ccc(Cl)cc12. The molecule has 12 heteroatoms. The first-order chi connectivity index (χ1) is 17.1. The number of H-pyrrole nitrogens is 1. The fourth-order valence-corrected chi connectivity index (χ4v) is 6.36. The van der Waals surface area contributed by atoms with Crippen molar-refractivity contribution < 1.29 is 32.6 Å². The van der Waals surface area contributed by atoms with Gasteiger partial charge in [-0.2, -0.15) is 5.26 Å². The molecule has 0 aliphatic heterocycles. The van der Waals surface area contributed by atoms with Gasteiger partial charge in [0.2, 0.25) is 6.20 Å². The fraction of sp³-hybridized carbons (Fsp3) is 0.125. The van der Waals surface area contributed by atoms with E-state index < -0.39 is 37.1 Å². The highest BCUT2D eigenvalue weighted by Gasteiger charge is 2.36. The summed E-state index contributed by atoms with van der Waals surface area (Å²) in [5, 5.41) is 22.1. The molecular formula is C24H19ClF2N4O4P+. The average molecular weight is 532 g/mol. The van der Waals surface area contributed by atoms with E-state index >= 15 is 0 Å². The minimum Gasteiger partial charge on any atom is -0.350 e. The zero-order valence-electron chi connectivity index (χ0n) is 19.0. The van der Waals surface area contributed by atoms with Gasteiger partial charge in [-0.15, -0.1) is 4.39 Å². The predicted octanol–water partition coefficient (Wildman–Crippen LogP) is 3.61. The number of nitriles is 1. The summed E-state index contributed by atoms with van der Waals surface area (Å²) in [4.78, 5) is 16.2. The van der Waals surface area contributed by atoms with Crippen molar-refractivity contribution in [2.24, 2.45) is 0 Å². The molecule has 4 aromatic rings. The lowest BCUT2D eigenvalue weighted by Gasteiger charge is -2.19. The minimum atomic E-state index is -4.00. The van der Waals surface area contributed by atoms with Crippen molar-refractivity contribution in [3.05, 3.63) is 87.8 Å². The van der Waals surface area contributed by atoms with Crippen LogP contribution in [0.3, 0.4) is 0 Å². The third-order valence-corrected chi connectivity index (χ3v) is 8.31. The molecule has 1 atom stereocenters. The Kier molecular flexibility index (Phi) is 6.83. The number of fused-ring (bicyclic) bond motifs is 1. The fourth-order valence-electron chi connectivity index (χ4n) is 3.90. The van der Waals surface area contributed by atoms with Crippen LogP contribution in [0.4, 0.5) is 8.78 Å². The Labute approximate surface area is 209 Å². The molecule has 2 aromatic heterocycles. The van der Waals surface area contributed by atoms with Crippen LogP contribution in [0.1, 0.15) is 27.2 Å². The molecule has 0 saturated heterocycles. The van der Waals surface area contributed by atoms with Crippen LogP contribution in [0.15, 0.2) is 48.7 Å². The average Bonchev–Trinajstić information content (AvgIpc) is 3.24. The van der Waals surface area contributed by atoms with Gasteiger partial charge >= 0.3 is 5.95 Å². The minimum absolute atomic E-state index is 0.0132. The lowest BCUT2D eigenvalue weighted by atomic mass is 10.2. The Morgan fingerprint density at radius 3 is 2.72 bits per heavy atom. The second-order valence-electron chi connectivity index (χ2n) is 7.90. The quantitative estimate of drug-likeness (QED) is 0.152. The third-order valence-electron chi connectivity index (χ3n) is 5.57. The summed E-state index contributed by atoms with van der Waals surface area (Å²) < 4.78 is 48.3. The van der Waals surface area contributed by atoms with E-state index in [1.807, 2.05) is 6.07 Å². The van der Waals surface area contributed by atoms with Crippen molar-refractivity contribution in [3.63, 3.8) is 0 Å². The van der Waals surface area contributed by atoms with Crippen molar-refractivity contribution >= 4 is 46.4 Å². The normalized spacial score (nSPS) is 12.8. The number of aromatic amines is 1. The molecule has 0 spiro atoms. The van der Waals surface area contributed by atoms with Gasteiger partial charge in [0.25, 0.3) is 13.3 Å². The van der Waals surface area contributed by atoms with Gasteiger partial charge < -0.3 is 14.8 Å². The summed E-state index contributed by atoms with van der Waals surface area (Å²) in [5.74, 6) is -3.10. The summed E-state index contributed by atoms with van der Waals surface area (Å²) in [6, 6.07) is 12.1. The van der Waals surface area contributed by atoms with Crippen molar-refractivity contribution in [1.29, 1.82) is 5.26 Å². The van der Waals surface area contributed by atoms with E-state index in [4.69, 9.17) is 16.1 Å². The monoisotopic (exact) mass is 531 g/mol. The van der Waals surface area contributed by atoms with Crippen LogP contribution in [-0.4, -0.2) is 23.2 Å². The maximum atomic E-state index is 14.4. The lowest BCUT2D eigenvalue weighted by Crippen LogP contribution is -2.38. The molecular weight excluding hydrogens is 513 g/mol. The summed E-state index contributed by atoms with van der Waals surface area (Å²) >= 11 is 6.19. The maximum absolute atomic E-state index is 14.4. The number of pyridine rings is 1. The Bertz CT molecular complexity index is 1620. The zero-order chi connectivity index (χ0) is 26.2. The Morgan fingerprint density at radius 2 is 2.03 bits per heavy atom. The van der Waals surface area contributed by atoms with Gasteiger partial charge in [-0.1, -0.05) is 11.6 Å². The van der Waals surface area contributed by atoms with Crippen LogP contribution in [0.5, 0.6) is 0 Å². The summed E-state index contributed by atoms with van der Waals surface area (Å²) in [6.07, 6.45) is 0.779. The molecule has 3 N–H and O–H groups in total. The smallest absolute Gasteiger partial charge is 0.350 e. The van der Waals surface area contributed by atoms with Gasteiger partial charge in [-0.05, 0) is 48.9 Å². The van der Waals surface area contributed by atoms with Crippen LogP contribution < -0.4 is 20.7 Å². The van der Waals surface area contributed by atoms with E-state index in [-0.39, 0.29) is 26.6 Å². The van der Waals surface area contributed by atoms with Crippen LogP contribution in [0, 0.1) is 30.0 Å². The molecule has 8 nitrogen and oxygen atoms in total. The molecule has 0 fully saturated rings. The largest absolute Gasteiger partial charge is 0.416 e. The van der Waals surface area contributed by atoms with Crippen LogP contribution >= 0.6 is 19.0 Å². The number of aryl methyl sites for hydroxylation is 1. The predicted molar refractivity (Wildman–Crippen MR) is 128 cm³/mol. The number of rotatable bonds is 6. The van der Waals surface area contributed by atoms with E-state index in [0.717, 1.165) is 12.3 Å². The molecule has 2 heterocycles. The molecule has 0 aliphatic carbocycles. The van der Waals surface area contributed by atoms with Crippen LogP contribution in [0.2, 0.25) is 5.02 Å². The number of nitrogens with zero attached hydrogens (tertiary/aromatic N) is 2. The highest BCUT2D eigenvalue weighted by Crippen LogP contribution is 2.47. The number of amides is 1. The Balaban J connectivity index is 1.87. The van der Waals surface area contributed by atoms with Gasteiger partial charge in [-0.25, -0.2) is 4.39 Å². The molecule has 36 heavy (non-hydrogen) atoms. The van der Waals surface area contributed by atoms with E-state index in [9.17, 15) is 28.6 Å². The molecule has 0 aliphatic rings. The molecule has 0 radical (unpaired) electrons. The number of aromatic nitrogens is 2. The molecule has 1 amide bonds. The number of hydrogen-bond donors (Lipinski definition) is 3. The molecule has 2 aromatic carbocycles. The second-order valence-corrected chi connectivity index (χ2v) is 10.8. The molecule has 1 unspecified atom stereocenters. The topological polar surface area (TPSA) is 119 Å². The number of benzene rings is 2. The number of carbonyl (C=O) groups is 1. The Morgan fingerprint density at radius 1 is 1.28 bits per heavy atom. The van der Waals surface area contributed by atoms with Crippen LogP contribution in [0.25, 0.3) is 10.9 Å². The summed E-state index contributed by atoms with van der Waals surface area (Å²) in [6.45, 7) is 1.11. The van der Waals surface area contributed by atoms with Crippen LogP contribution in [-0.2, 0) is 15.6 Å². The highest BCUT2D eigenvalue weighted by molar-refractivity contribution is 7.75. The Hall–Kier alpha value is -3.77. The summed E-state index contributed by atoms with van der Waals surface area (Å²) in [7, 11) is -2.78. The van der Waals surface area contributed by atoms with Crippen molar-refractivity contribution in [2.45, 2.75) is 13.5 Å². The first kappa shape index (κ1) is 25.3. The van der Waals surface area contributed by atoms with Gasteiger partial charge in [0, 0.05) is 39.1 Å². The highest BCUT2D eigenvalue weighted by atomic mass is 35.5. The number of nitrogens with one attached hydrogen (secondary N) is 2. The zero-order valence-corrected chi connectivity index (χ0v) is 20.6. The molecule has 184 valence electrons. The van der Waals surface area contributed by atoms with Gasteiger partial charge in [0.15, 0.2) is 0 Å². The van der Waals surface area contributed by atoms with Gasteiger partial charge in [0.1, 0.15) is 17.1 Å². The molecule has 0 saturated carbocycles. The maximum Gasteiger partial charge on any atom is 0.416 e. The van der Waals surface area contributed by atoms with E-state index in [0.29, 0.717) is 21.5 Å². The van der Waals surface area contributed by atoms with E-state index in [1.165, 1.54) is 19.2 Å². The molecule has 4 rings (SSSR count). The first-order valence-corrected chi connectivity index (χ1v) is 12.4. The number of carbonyl (C=O) groups excluding carboxylic acids is 1. The van der Waals surface area contributed by atoms with E-state index in [2.05, 4.69) is 10.3 Å². The lowest BCUT2D eigenvalue weighted by molar-refractivity contribution is -0.924. The van der Waals surface area contributed by atoms with Crippen molar-refractivity contribution in [3.8, 4) is 6.07 Å². The number of halogens is 3. The van der Waals surface area contributed by atoms with Gasteiger partial charge in [0.05, 0.1) is 23.5 Å². The standard InChI is InChI=1S/C24H18ClF2N4O4P/c1-13-7-14(11-28)9-16(8-13)36(34,35-2)22-17-10-15(25)3-4-20(17)30-21(22)24(32)29-12-18-19(26)5-6-31(33)23(18)27/h3-10H,12H2,1-2H3,(H2-,29,30,32,33,34)/p+1. The number of hydrogen-bond acceptors (Lipinski definition) is 5. The van der Waals surface area contributed by atoms with E-state index in [1.54, 1.807) is 31.2 Å². The van der Waals surface area contributed by atoms with Gasteiger partial charge in [-0.3, -0.25) is 14.6 Å². The first-order valence-electron chi connectivity index (χ1n) is 10.4. The molecule has 0 bridgehead atoms.